The third kappa shape index (κ3) is 3.22. The van der Waals surface area contributed by atoms with Crippen molar-refractivity contribution in [3.63, 3.8) is 0 Å². The Balaban J connectivity index is 1.93. The van der Waals surface area contributed by atoms with Gasteiger partial charge in [-0.3, -0.25) is 4.98 Å². The summed E-state index contributed by atoms with van der Waals surface area (Å²) in [5, 5.41) is 0.905. The molecule has 1 aliphatic rings. The van der Waals surface area contributed by atoms with Crippen molar-refractivity contribution in [1.29, 1.82) is 0 Å². The highest BCUT2D eigenvalue weighted by molar-refractivity contribution is 5.92. The highest BCUT2D eigenvalue weighted by atomic mass is 19.1. The Morgan fingerprint density at radius 1 is 1.36 bits per heavy atom. The van der Waals surface area contributed by atoms with Gasteiger partial charge < -0.3 is 9.64 Å². The summed E-state index contributed by atoms with van der Waals surface area (Å²) in [4.78, 5) is 6.89. The van der Waals surface area contributed by atoms with Gasteiger partial charge in [-0.25, -0.2) is 4.39 Å². The van der Waals surface area contributed by atoms with Gasteiger partial charge in [-0.2, -0.15) is 0 Å². The molecule has 1 saturated heterocycles. The average molecular weight is 302 g/mol. The van der Waals surface area contributed by atoms with Crippen molar-refractivity contribution in [3.05, 3.63) is 35.8 Å². The molecule has 1 fully saturated rings. The van der Waals surface area contributed by atoms with Gasteiger partial charge >= 0.3 is 0 Å². The molecule has 0 saturated carbocycles. The van der Waals surface area contributed by atoms with Gasteiger partial charge in [0.05, 0.1) is 12.1 Å². The van der Waals surface area contributed by atoms with Crippen molar-refractivity contribution in [3.8, 4) is 0 Å². The number of benzene rings is 1. The summed E-state index contributed by atoms with van der Waals surface area (Å²) in [6.45, 7) is 7.58. The number of halogens is 1. The van der Waals surface area contributed by atoms with E-state index in [2.05, 4.69) is 16.0 Å². The summed E-state index contributed by atoms with van der Waals surface area (Å²) in [6, 6.07) is 6.92. The van der Waals surface area contributed by atoms with Crippen LogP contribution in [0.4, 0.5) is 10.1 Å². The molecule has 1 aromatic carbocycles. The minimum atomic E-state index is -0.206. The second-order valence-electron chi connectivity index (χ2n) is 6.06. The maximum Gasteiger partial charge on any atom is 0.124 e. The van der Waals surface area contributed by atoms with E-state index in [9.17, 15) is 4.39 Å². The summed E-state index contributed by atoms with van der Waals surface area (Å²) in [5.41, 5.74) is 2.94. The first-order valence-electron chi connectivity index (χ1n) is 8.07. The van der Waals surface area contributed by atoms with E-state index in [1.54, 1.807) is 12.1 Å². The molecular formula is C18H23FN2O. The Hall–Kier alpha value is -1.68. The van der Waals surface area contributed by atoms with Gasteiger partial charge in [0.1, 0.15) is 5.82 Å². The van der Waals surface area contributed by atoms with Crippen molar-refractivity contribution < 1.29 is 9.13 Å². The summed E-state index contributed by atoms with van der Waals surface area (Å²) in [7, 11) is 0. The van der Waals surface area contributed by atoms with Crippen LogP contribution >= 0.6 is 0 Å². The summed E-state index contributed by atoms with van der Waals surface area (Å²) in [5.74, 6) is 0.341. The van der Waals surface area contributed by atoms with Gasteiger partial charge in [0.25, 0.3) is 0 Å². The first kappa shape index (κ1) is 15.2. The van der Waals surface area contributed by atoms with Crippen LogP contribution in [-0.2, 0) is 4.74 Å². The lowest BCUT2D eigenvalue weighted by molar-refractivity contribution is 0.104. The second-order valence-corrected chi connectivity index (χ2v) is 6.06. The third-order valence-electron chi connectivity index (χ3n) is 4.29. The molecule has 1 atom stereocenters. The Morgan fingerprint density at radius 2 is 2.23 bits per heavy atom. The molecule has 0 spiro atoms. The molecule has 1 aromatic heterocycles. The number of ether oxygens (including phenoxy) is 1. The number of nitrogens with zero attached hydrogens (tertiary/aromatic N) is 2. The van der Waals surface area contributed by atoms with E-state index >= 15 is 0 Å². The predicted molar refractivity (Wildman–Crippen MR) is 87.9 cm³/mol. The van der Waals surface area contributed by atoms with Gasteiger partial charge in [-0.05, 0) is 56.9 Å². The fraction of sp³-hybridized carbons (Fsp3) is 0.500. The van der Waals surface area contributed by atoms with Crippen molar-refractivity contribution in [2.75, 3.05) is 31.2 Å². The van der Waals surface area contributed by atoms with E-state index in [1.165, 1.54) is 12.5 Å². The molecule has 0 aliphatic carbocycles. The van der Waals surface area contributed by atoms with E-state index < -0.39 is 0 Å². The lowest BCUT2D eigenvalue weighted by atomic mass is 9.97. The van der Waals surface area contributed by atoms with Crippen LogP contribution in [-0.4, -0.2) is 31.3 Å². The third-order valence-corrected chi connectivity index (χ3v) is 4.29. The van der Waals surface area contributed by atoms with Gasteiger partial charge in [-0.1, -0.05) is 0 Å². The molecule has 0 radical (unpaired) electrons. The van der Waals surface area contributed by atoms with E-state index in [0.717, 1.165) is 55.0 Å². The lowest BCUT2D eigenvalue weighted by Crippen LogP contribution is -2.37. The van der Waals surface area contributed by atoms with Crippen LogP contribution < -0.4 is 4.90 Å². The van der Waals surface area contributed by atoms with Gasteiger partial charge in [0, 0.05) is 36.5 Å². The Labute approximate surface area is 131 Å². The maximum absolute atomic E-state index is 13.7. The number of piperidine rings is 1. The van der Waals surface area contributed by atoms with Gasteiger partial charge in [-0.15, -0.1) is 0 Å². The minimum absolute atomic E-state index is 0.206. The number of fused-ring (bicyclic) bond motifs is 1. The number of aryl methyl sites for hydroxylation is 1. The molecule has 4 heteroatoms. The Kier molecular flexibility index (Phi) is 4.57. The second kappa shape index (κ2) is 6.61. The number of rotatable bonds is 4. The zero-order valence-electron chi connectivity index (χ0n) is 13.3. The first-order chi connectivity index (χ1) is 10.7. The van der Waals surface area contributed by atoms with Crippen LogP contribution in [0.25, 0.3) is 10.9 Å². The van der Waals surface area contributed by atoms with Crippen LogP contribution in [0.5, 0.6) is 0 Å². The number of hydrogen-bond donors (Lipinski definition) is 0. The van der Waals surface area contributed by atoms with Crippen LogP contribution in [0.3, 0.4) is 0 Å². The van der Waals surface area contributed by atoms with E-state index in [-0.39, 0.29) is 5.82 Å². The highest BCUT2D eigenvalue weighted by Gasteiger charge is 2.22. The molecule has 0 N–H and O–H groups in total. The maximum atomic E-state index is 13.7. The first-order valence-corrected chi connectivity index (χ1v) is 8.07. The van der Waals surface area contributed by atoms with Gasteiger partial charge in [0.2, 0.25) is 0 Å². The Morgan fingerprint density at radius 3 is 3.05 bits per heavy atom. The zero-order chi connectivity index (χ0) is 15.5. The minimum Gasteiger partial charge on any atom is -0.381 e. The van der Waals surface area contributed by atoms with Crippen LogP contribution in [0.2, 0.25) is 0 Å². The SMILES string of the molecule is CCOCC1CCCN(c2cc(C)nc3ccc(F)cc23)C1. The molecule has 1 unspecified atom stereocenters. The van der Waals surface area contributed by atoms with E-state index in [1.807, 2.05) is 13.8 Å². The van der Waals surface area contributed by atoms with Crippen molar-refractivity contribution in [1.82, 2.24) is 4.98 Å². The normalized spacial score (nSPS) is 18.9. The largest absolute Gasteiger partial charge is 0.381 e. The molecule has 2 aromatic rings. The molecule has 2 heterocycles. The molecule has 118 valence electrons. The topological polar surface area (TPSA) is 25.4 Å². The molecule has 0 bridgehead atoms. The summed E-state index contributed by atoms with van der Waals surface area (Å²) < 4.78 is 19.2. The van der Waals surface area contributed by atoms with Crippen molar-refractivity contribution in [2.45, 2.75) is 26.7 Å². The number of pyridine rings is 1. The Bertz CT molecular complexity index is 659. The molecule has 0 amide bonds. The monoisotopic (exact) mass is 302 g/mol. The molecular weight excluding hydrogens is 279 g/mol. The molecule has 3 rings (SSSR count). The fourth-order valence-corrected chi connectivity index (χ4v) is 3.27. The average Bonchev–Trinajstić information content (AvgIpc) is 2.53. The standard InChI is InChI=1S/C18H23FN2O/c1-3-22-12-14-5-4-8-21(11-14)18-9-13(2)20-17-7-6-15(19)10-16(17)18/h6-7,9-10,14H,3-5,8,11-12H2,1-2H3. The van der Waals surface area contributed by atoms with E-state index in [0.29, 0.717) is 5.92 Å². The summed E-state index contributed by atoms with van der Waals surface area (Å²) >= 11 is 0. The lowest BCUT2D eigenvalue weighted by Gasteiger charge is -2.35. The van der Waals surface area contributed by atoms with Crippen LogP contribution in [0.1, 0.15) is 25.5 Å². The zero-order valence-corrected chi connectivity index (χ0v) is 13.3. The van der Waals surface area contributed by atoms with Gasteiger partial charge in [0.15, 0.2) is 0 Å². The highest BCUT2D eigenvalue weighted by Crippen LogP contribution is 2.31. The molecule has 3 nitrogen and oxygen atoms in total. The van der Waals surface area contributed by atoms with E-state index in [4.69, 9.17) is 4.74 Å². The van der Waals surface area contributed by atoms with Crippen molar-refractivity contribution >= 4 is 16.6 Å². The molecule has 22 heavy (non-hydrogen) atoms. The fourth-order valence-electron chi connectivity index (χ4n) is 3.27. The van der Waals surface area contributed by atoms with Crippen molar-refractivity contribution in [2.24, 2.45) is 5.92 Å². The van der Waals surface area contributed by atoms with Crippen LogP contribution in [0, 0.1) is 18.7 Å². The number of aromatic nitrogens is 1. The quantitative estimate of drug-likeness (QED) is 0.855. The smallest absolute Gasteiger partial charge is 0.124 e. The van der Waals surface area contributed by atoms with Crippen LogP contribution in [0.15, 0.2) is 24.3 Å². The molecule has 1 aliphatic heterocycles. The summed E-state index contributed by atoms with van der Waals surface area (Å²) in [6.07, 6.45) is 2.35. The predicted octanol–water partition coefficient (Wildman–Crippen LogP) is 3.94. The number of anilines is 1. The number of hydrogen-bond acceptors (Lipinski definition) is 3.